The van der Waals surface area contributed by atoms with Crippen molar-refractivity contribution in [3.05, 3.63) is 320 Å². The number of rotatable bonds is 8. The van der Waals surface area contributed by atoms with E-state index in [4.69, 9.17) is 0 Å². The molecule has 0 radical (unpaired) electrons. The van der Waals surface area contributed by atoms with Crippen LogP contribution in [0.25, 0.3) is 72.7 Å². The Morgan fingerprint density at radius 1 is 0.417 bits per heavy atom. The van der Waals surface area contributed by atoms with Gasteiger partial charge in [-0.25, -0.2) is 0 Å². The van der Waals surface area contributed by atoms with Gasteiger partial charge in [0.05, 0.1) is 0 Å². The Kier molecular flexibility index (Phi) is 12.5. The van der Waals surface area contributed by atoms with Crippen LogP contribution >= 0.6 is 0 Å². The molecule has 0 heterocycles. The highest BCUT2D eigenvalue weighted by molar-refractivity contribution is 6.21. The van der Waals surface area contributed by atoms with E-state index in [-0.39, 0.29) is 21.7 Å². The van der Waals surface area contributed by atoms with Crippen molar-refractivity contribution in [1.29, 1.82) is 0 Å². The number of aryl methyl sites for hydroxylation is 2. The van der Waals surface area contributed by atoms with Gasteiger partial charge >= 0.3 is 0 Å². The molecule has 3 unspecified atom stereocenters. The Labute approximate surface area is 567 Å². The number of benzene rings is 10. The van der Waals surface area contributed by atoms with Gasteiger partial charge in [0.1, 0.15) is 0 Å². The molecular formula is C94H82N2. The molecule has 0 fully saturated rings. The summed E-state index contributed by atoms with van der Waals surface area (Å²) in [5.74, 6) is 1.09. The van der Waals surface area contributed by atoms with Gasteiger partial charge in [-0.05, 0) is 267 Å². The zero-order chi connectivity index (χ0) is 64.7. The number of hydrogen-bond acceptors (Lipinski definition) is 2. The van der Waals surface area contributed by atoms with E-state index >= 15 is 0 Å². The average Bonchev–Trinajstić information content (AvgIpc) is 1.79. The van der Waals surface area contributed by atoms with Crippen LogP contribution in [0.2, 0.25) is 0 Å². The molecule has 0 N–H and O–H groups in total. The van der Waals surface area contributed by atoms with Gasteiger partial charge < -0.3 is 9.80 Å². The molecule has 0 saturated heterocycles. The van der Waals surface area contributed by atoms with Crippen molar-refractivity contribution in [3.8, 4) is 22.3 Å². The lowest BCUT2D eigenvalue weighted by Crippen LogP contribution is -2.29. The van der Waals surface area contributed by atoms with E-state index in [1.54, 1.807) is 5.57 Å². The fourth-order valence-corrected chi connectivity index (χ4v) is 19.8. The lowest BCUT2D eigenvalue weighted by atomic mass is 9.73. The second-order valence-electron chi connectivity index (χ2n) is 31.3. The molecule has 0 aliphatic heterocycles. The van der Waals surface area contributed by atoms with Gasteiger partial charge in [-0.2, -0.15) is 0 Å². The summed E-state index contributed by atoms with van der Waals surface area (Å²) in [7, 11) is 0. The lowest BCUT2D eigenvalue weighted by molar-refractivity contribution is 0.394. The molecule has 0 bridgehead atoms. The van der Waals surface area contributed by atoms with Gasteiger partial charge in [0.2, 0.25) is 0 Å². The van der Waals surface area contributed by atoms with Crippen molar-refractivity contribution >= 4 is 78.9 Å². The van der Waals surface area contributed by atoms with E-state index < -0.39 is 0 Å². The van der Waals surface area contributed by atoms with Crippen molar-refractivity contribution in [2.24, 2.45) is 11.8 Å². The molecule has 19 rings (SSSR count). The van der Waals surface area contributed by atoms with Crippen LogP contribution < -0.4 is 9.80 Å². The Bertz CT molecular complexity index is 5360. The van der Waals surface area contributed by atoms with Crippen molar-refractivity contribution in [3.63, 3.8) is 0 Å². The smallest absolute Gasteiger partial charge is 0.0468 e. The quantitative estimate of drug-likeness (QED) is 0.140. The SMILES string of the molecule is CC1(C)C2=C(C=CCC2)c2ccc(N(c3ccc4c(c3)C(C)(C)C3C=CC=CC43)c3ccc4c(-c5ccc6c(c5)CCC=C6)c5cc(N(C6=CC=C7c8ccccc8C(C)(C)C7C6)c6ccc7c(c6)C(C)(C)c6ccccc6-7)ccc5c(C5=Cc6ccccc6CC5)c4c3)cc21. The maximum atomic E-state index is 2.66. The first-order valence-electron chi connectivity index (χ1n) is 35.6. The third-order valence-corrected chi connectivity index (χ3v) is 24.9. The molecule has 9 aliphatic carbocycles. The lowest BCUT2D eigenvalue weighted by Gasteiger charge is -2.37. The second kappa shape index (κ2) is 20.9. The van der Waals surface area contributed by atoms with Crippen molar-refractivity contribution in [2.45, 2.75) is 128 Å². The molecule has 0 amide bonds. The standard InChI is InChI=1S/C94H82N2/c1-91(2)81-29-17-13-25-69(81)73-43-37-65(53-85(73)91)95(66-38-44-74-70-26-14-18-30-82(70)92(3,4)86(74)54-66)63-41-47-77-79(51-63)89(61-35-33-57-21-9-11-23-59(57)49-61)78-48-42-64(52-80(78)90(77)62-36-34-58-22-10-12-24-60(58)50-62)96(67-39-45-75-71-27-15-19-31-83(71)93(5,6)87(75)55-67)68-40-46-76-72-28-16-20-32-84(72)94(7,8)88(76)56-68/h9-11,13-17,19-23,25-29,31-32,34,36-55,69,81,88H,12,18,24,30,33,35,56H2,1-8H3. The summed E-state index contributed by atoms with van der Waals surface area (Å²) in [5, 5.41) is 5.13. The molecular weight excluding hydrogens is 1160 g/mol. The van der Waals surface area contributed by atoms with Gasteiger partial charge in [-0.3, -0.25) is 0 Å². The maximum Gasteiger partial charge on any atom is 0.0468 e. The van der Waals surface area contributed by atoms with Crippen LogP contribution in [0.5, 0.6) is 0 Å². The normalized spacial score (nSPS) is 20.8. The van der Waals surface area contributed by atoms with Gasteiger partial charge in [-0.15, -0.1) is 0 Å². The third-order valence-electron chi connectivity index (χ3n) is 24.9. The van der Waals surface area contributed by atoms with E-state index in [0.29, 0.717) is 17.8 Å². The Balaban J connectivity index is 0.872. The maximum absolute atomic E-state index is 2.66. The predicted molar refractivity (Wildman–Crippen MR) is 407 cm³/mol. The Hall–Kier alpha value is -9.76. The first kappa shape index (κ1) is 57.7. The van der Waals surface area contributed by atoms with Crippen LogP contribution in [0.4, 0.5) is 28.4 Å². The summed E-state index contributed by atoms with van der Waals surface area (Å²) >= 11 is 0. The van der Waals surface area contributed by atoms with Crippen molar-refractivity contribution in [2.75, 3.05) is 9.80 Å². The topological polar surface area (TPSA) is 6.48 Å². The van der Waals surface area contributed by atoms with Crippen LogP contribution in [-0.2, 0) is 34.5 Å². The Morgan fingerprint density at radius 2 is 1.05 bits per heavy atom. The zero-order valence-electron chi connectivity index (χ0n) is 56.7. The van der Waals surface area contributed by atoms with Gasteiger partial charge in [-0.1, -0.05) is 243 Å². The molecule has 10 aromatic rings. The third kappa shape index (κ3) is 8.36. The predicted octanol–water partition coefficient (Wildman–Crippen LogP) is 24.8. The fraction of sp³-hybridized carbons (Fsp3) is 0.234. The van der Waals surface area contributed by atoms with E-state index in [0.717, 1.165) is 44.9 Å². The highest BCUT2D eigenvalue weighted by atomic mass is 15.2. The fourth-order valence-electron chi connectivity index (χ4n) is 19.8. The summed E-state index contributed by atoms with van der Waals surface area (Å²) in [6.07, 6.45) is 33.5. The van der Waals surface area contributed by atoms with Crippen molar-refractivity contribution in [1.82, 2.24) is 0 Å². The first-order valence-corrected chi connectivity index (χ1v) is 35.6. The van der Waals surface area contributed by atoms with Crippen LogP contribution in [0.15, 0.2) is 248 Å². The zero-order valence-corrected chi connectivity index (χ0v) is 56.7. The summed E-state index contributed by atoms with van der Waals surface area (Å²) < 4.78 is 0. The minimum Gasteiger partial charge on any atom is -0.314 e. The molecule has 0 saturated carbocycles. The minimum atomic E-state index is -0.167. The number of allylic oxidation sites excluding steroid dienone is 14. The molecule has 10 aromatic carbocycles. The number of nitrogens with zero attached hydrogens (tertiary/aromatic N) is 2. The molecule has 0 spiro atoms. The number of hydrogen-bond donors (Lipinski definition) is 0. The minimum absolute atomic E-state index is 0.0435. The highest BCUT2D eigenvalue weighted by Crippen LogP contribution is 2.59. The summed E-state index contributed by atoms with van der Waals surface area (Å²) in [4.78, 5) is 5.28. The van der Waals surface area contributed by atoms with E-state index in [9.17, 15) is 0 Å². The Morgan fingerprint density at radius 3 is 1.89 bits per heavy atom. The van der Waals surface area contributed by atoms with E-state index in [1.165, 1.54) is 167 Å². The summed E-state index contributed by atoms with van der Waals surface area (Å²) in [5.41, 5.74) is 36.2. The van der Waals surface area contributed by atoms with Crippen molar-refractivity contribution < 1.29 is 0 Å². The van der Waals surface area contributed by atoms with E-state index in [1.807, 2.05) is 0 Å². The van der Waals surface area contributed by atoms with Crippen LogP contribution in [0.3, 0.4) is 0 Å². The largest absolute Gasteiger partial charge is 0.314 e. The van der Waals surface area contributed by atoms with Crippen LogP contribution in [0, 0.1) is 11.8 Å². The highest BCUT2D eigenvalue weighted by Gasteiger charge is 2.47. The monoisotopic (exact) mass is 1240 g/mol. The molecule has 9 aliphatic rings. The molecule has 468 valence electrons. The average molecular weight is 1240 g/mol. The van der Waals surface area contributed by atoms with E-state index in [2.05, 4.69) is 314 Å². The molecule has 2 heteroatoms. The van der Waals surface area contributed by atoms with Gasteiger partial charge in [0, 0.05) is 50.9 Å². The molecule has 0 aromatic heterocycles. The summed E-state index contributed by atoms with van der Waals surface area (Å²) in [6, 6.07) is 72.3. The van der Waals surface area contributed by atoms with Gasteiger partial charge in [0.25, 0.3) is 0 Å². The van der Waals surface area contributed by atoms with Crippen LogP contribution in [0.1, 0.15) is 166 Å². The second-order valence-corrected chi connectivity index (χ2v) is 31.3. The van der Waals surface area contributed by atoms with Gasteiger partial charge in [0.15, 0.2) is 0 Å². The molecule has 3 atom stereocenters. The number of fused-ring (bicyclic) bond motifs is 15. The molecule has 96 heavy (non-hydrogen) atoms. The van der Waals surface area contributed by atoms with Crippen LogP contribution in [-0.4, -0.2) is 0 Å². The first-order chi connectivity index (χ1) is 46.6. The summed E-state index contributed by atoms with van der Waals surface area (Å²) in [6.45, 7) is 19.7. The number of anilines is 5. The molecule has 2 nitrogen and oxygen atoms in total.